The maximum atomic E-state index is 12.8. The van der Waals surface area contributed by atoms with Gasteiger partial charge in [-0.1, -0.05) is 36.0 Å². The molecule has 0 unspecified atom stereocenters. The summed E-state index contributed by atoms with van der Waals surface area (Å²) < 4.78 is 7.17. The molecular formula is C19H24N4O2S. The Balaban J connectivity index is 1.76. The fourth-order valence-corrected chi connectivity index (χ4v) is 4.03. The average Bonchev–Trinajstić information content (AvgIpc) is 3.32. The fraction of sp³-hybridized carbons (Fsp3) is 0.421. The quantitative estimate of drug-likeness (QED) is 0.526. The second-order valence-electron chi connectivity index (χ2n) is 6.18. The Kier molecular flexibility index (Phi) is 6.46. The van der Waals surface area contributed by atoms with Crippen LogP contribution >= 0.6 is 11.8 Å². The number of carbonyl (C=O) groups excluding carboxylic acids is 1. The molecule has 1 aromatic heterocycles. The molecule has 0 aliphatic carbocycles. The van der Waals surface area contributed by atoms with Crippen molar-refractivity contribution in [3.63, 3.8) is 0 Å². The summed E-state index contributed by atoms with van der Waals surface area (Å²) in [5.41, 5.74) is 1.81. The van der Waals surface area contributed by atoms with Gasteiger partial charge in [0, 0.05) is 38.1 Å². The van der Waals surface area contributed by atoms with Crippen molar-refractivity contribution in [2.75, 3.05) is 20.2 Å². The van der Waals surface area contributed by atoms with E-state index in [1.807, 2.05) is 39.8 Å². The molecule has 1 aliphatic heterocycles. The number of aromatic nitrogens is 3. The van der Waals surface area contributed by atoms with Crippen molar-refractivity contribution in [1.82, 2.24) is 19.7 Å². The van der Waals surface area contributed by atoms with E-state index in [0.717, 1.165) is 48.0 Å². The zero-order valence-corrected chi connectivity index (χ0v) is 15.9. The number of hydrogen-bond acceptors (Lipinski definition) is 5. The molecule has 0 atom stereocenters. The molecule has 1 saturated heterocycles. The van der Waals surface area contributed by atoms with E-state index in [1.54, 1.807) is 18.9 Å². The summed E-state index contributed by atoms with van der Waals surface area (Å²) in [4.78, 5) is 14.7. The Bertz CT molecular complexity index is 769. The van der Waals surface area contributed by atoms with E-state index < -0.39 is 0 Å². The summed E-state index contributed by atoms with van der Waals surface area (Å²) >= 11 is 1.58. The van der Waals surface area contributed by atoms with E-state index in [9.17, 15) is 4.79 Å². The number of thioether (sulfide) groups is 1. The minimum Gasteiger partial charge on any atom is -0.377 e. The Hall–Kier alpha value is -2.12. The van der Waals surface area contributed by atoms with Crippen molar-refractivity contribution in [3.05, 3.63) is 53.9 Å². The first-order valence-electron chi connectivity index (χ1n) is 8.76. The lowest BCUT2D eigenvalue weighted by Gasteiger charge is -2.17. The highest BCUT2D eigenvalue weighted by Crippen LogP contribution is 2.25. The molecule has 3 rings (SSSR count). The molecule has 0 bridgehead atoms. The first kappa shape index (κ1) is 18.7. The highest BCUT2D eigenvalue weighted by Gasteiger charge is 2.22. The Labute approximate surface area is 158 Å². The Morgan fingerprint density at radius 1 is 1.31 bits per heavy atom. The van der Waals surface area contributed by atoms with E-state index >= 15 is 0 Å². The van der Waals surface area contributed by atoms with Crippen LogP contribution in [0.15, 0.2) is 42.1 Å². The molecule has 0 saturated carbocycles. The number of amides is 1. The molecule has 0 spiro atoms. The minimum atomic E-state index is 0.131. The number of likely N-dealkylation sites (tertiary alicyclic amines) is 1. The maximum absolute atomic E-state index is 12.8. The van der Waals surface area contributed by atoms with Crippen molar-refractivity contribution >= 4 is 17.7 Å². The van der Waals surface area contributed by atoms with Gasteiger partial charge in [0.25, 0.3) is 5.91 Å². The molecule has 0 radical (unpaired) electrons. The van der Waals surface area contributed by atoms with Crippen molar-refractivity contribution in [3.8, 4) is 0 Å². The topological polar surface area (TPSA) is 60.2 Å². The minimum absolute atomic E-state index is 0.131. The van der Waals surface area contributed by atoms with Gasteiger partial charge in [-0.15, -0.1) is 16.8 Å². The highest BCUT2D eigenvalue weighted by atomic mass is 32.2. The SMILES string of the molecule is C=CCn1c(COC)nnc1SCc1ccccc1C(=O)N1CCCC1. The largest absolute Gasteiger partial charge is 0.377 e. The number of methoxy groups -OCH3 is 1. The summed E-state index contributed by atoms with van der Waals surface area (Å²) in [5.74, 6) is 1.57. The first-order valence-corrected chi connectivity index (χ1v) is 9.75. The van der Waals surface area contributed by atoms with E-state index in [0.29, 0.717) is 18.9 Å². The highest BCUT2D eigenvalue weighted by molar-refractivity contribution is 7.98. The second-order valence-corrected chi connectivity index (χ2v) is 7.12. The van der Waals surface area contributed by atoms with Gasteiger partial charge in [0.05, 0.1) is 0 Å². The van der Waals surface area contributed by atoms with E-state index in [-0.39, 0.29) is 5.91 Å². The van der Waals surface area contributed by atoms with Crippen LogP contribution in [0.1, 0.15) is 34.6 Å². The number of ether oxygens (including phenoxy) is 1. The van der Waals surface area contributed by atoms with Gasteiger partial charge in [-0.05, 0) is 24.5 Å². The van der Waals surface area contributed by atoms with Gasteiger partial charge in [0.1, 0.15) is 6.61 Å². The zero-order chi connectivity index (χ0) is 18.4. The summed E-state index contributed by atoms with van der Waals surface area (Å²) in [6.07, 6.45) is 4.00. The van der Waals surface area contributed by atoms with Crippen LogP contribution in [0.5, 0.6) is 0 Å². The number of carbonyl (C=O) groups is 1. The van der Waals surface area contributed by atoms with E-state index in [2.05, 4.69) is 16.8 Å². The summed E-state index contributed by atoms with van der Waals surface area (Å²) in [6, 6.07) is 7.83. The van der Waals surface area contributed by atoms with E-state index in [4.69, 9.17) is 4.74 Å². The lowest BCUT2D eigenvalue weighted by Crippen LogP contribution is -2.28. The number of allylic oxidation sites excluding steroid dienone is 1. The molecule has 1 aromatic carbocycles. The molecule has 0 N–H and O–H groups in total. The molecule has 1 fully saturated rings. The van der Waals surface area contributed by atoms with Crippen molar-refractivity contribution in [2.24, 2.45) is 0 Å². The van der Waals surface area contributed by atoms with Crippen molar-refractivity contribution < 1.29 is 9.53 Å². The third-order valence-corrected chi connectivity index (χ3v) is 5.39. The van der Waals surface area contributed by atoms with Gasteiger partial charge >= 0.3 is 0 Å². The number of rotatable bonds is 8. The van der Waals surface area contributed by atoms with Gasteiger partial charge in [0.15, 0.2) is 11.0 Å². The molecule has 138 valence electrons. The van der Waals surface area contributed by atoms with Crippen LogP contribution in [-0.2, 0) is 23.6 Å². The molecule has 1 amide bonds. The van der Waals surface area contributed by atoms with Crippen LogP contribution in [0.4, 0.5) is 0 Å². The van der Waals surface area contributed by atoms with Gasteiger partial charge in [0.2, 0.25) is 0 Å². The van der Waals surface area contributed by atoms with Crippen molar-refractivity contribution in [1.29, 1.82) is 0 Å². The van der Waals surface area contributed by atoms with Crippen molar-refractivity contribution in [2.45, 2.75) is 36.9 Å². The fourth-order valence-electron chi connectivity index (χ4n) is 3.06. The molecular weight excluding hydrogens is 348 g/mol. The summed E-state index contributed by atoms with van der Waals surface area (Å²) in [5, 5.41) is 9.28. The van der Waals surface area contributed by atoms with Crippen LogP contribution in [0, 0.1) is 0 Å². The molecule has 1 aliphatic rings. The third-order valence-electron chi connectivity index (χ3n) is 4.38. The number of nitrogens with zero attached hydrogens (tertiary/aromatic N) is 4. The molecule has 7 heteroatoms. The number of benzene rings is 1. The molecule has 2 heterocycles. The standard InChI is InChI=1S/C19H24N4O2S/c1-3-10-23-17(13-25-2)20-21-19(23)26-14-15-8-4-5-9-16(15)18(24)22-11-6-7-12-22/h3-5,8-9H,1,6-7,10-14H2,2H3. The summed E-state index contributed by atoms with van der Waals surface area (Å²) in [7, 11) is 1.64. The lowest BCUT2D eigenvalue weighted by molar-refractivity contribution is 0.0792. The van der Waals surface area contributed by atoms with Gasteiger partial charge in [-0.3, -0.25) is 4.79 Å². The van der Waals surface area contributed by atoms with Crippen LogP contribution in [-0.4, -0.2) is 45.8 Å². The Morgan fingerprint density at radius 3 is 2.81 bits per heavy atom. The van der Waals surface area contributed by atoms with Crippen LogP contribution in [0.3, 0.4) is 0 Å². The predicted octanol–water partition coefficient (Wildman–Crippen LogP) is 3.14. The maximum Gasteiger partial charge on any atom is 0.254 e. The third kappa shape index (κ3) is 4.16. The second kappa shape index (κ2) is 9.00. The van der Waals surface area contributed by atoms with Gasteiger partial charge < -0.3 is 14.2 Å². The average molecular weight is 372 g/mol. The van der Waals surface area contributed by atoms with Crippen LogP contribution in [0.25, 0.3) is 0 Å². The zero-order valence-electron chi connectivity index (χ0n) is 15.1. The summed E-state index contributed by atoms with van der Waals surface area (Å²) in [6.45, 7) is 6.55. The van der Waals surface area contributed by atoms with Gasteiger partial charge in [-0.25, -0.2) is 0 Å². The molecule has 2 aromatic rings. The monoisotopic (exact) mass is 372 g/mol. The van der Waals surface area contributed by atoms with Crippen LogP contribution in [0.2, 0.25) is 0 Å². The predicted molar refractivity (Wildman–Crippen MR) is 102 cm³/mol. The molecule has 6 nitrogen and oxygen atoms in total. The molecule has 26 heavy (non-hydrogen) atoms. The number of hydrogen-bond donors (Lipinski definition) is 0. The lowest BCUT2D eigenvalue weighted by atomic mass is 10.1. The normalized spacial score (nSPS) is 14.0. The van der Waals surface area contributed by atoms with E-state index in [1.165, 1.54) is 0 Å². The Morgan fingerprint density at radius 2 is 2.08 bits per heavy atom. The smallest absolute Gasteiger partial charge is 0.254 e. The van der Waals surface area contributed by atoms with Gasteiger partial charge in [-0.2, -0.15) is 0 Å². The van der Waals surface area contributed by atoms with Crippen LogP contribution < -0.4 is 0 Å². The first-order chi connectivity index (χ1) is 12.7.